The SMILES string of the molecule is COn1ccc2cccc(O)c21. The molecule has 0 aliphatic rings. The number of fused-ring (bicyclic) bond motifs is 1. The van der Waals surface area contributed by atoms with E-state index in [1.165, 1.54) is 4.73 Å². The minimum atomic E-state index is 0.236. The van der Waals surface area contributed by atoms with Crippen LogP contribution in [0.2, 0.25) is 0 Å². The average molecular weight is 163 g/mol. The summed E-state index contributed by atoms with van der Waals surface area (Å²) in [4.78, 5) is 5.00. The fraction of sp³-hybridized carbons (Fsp3) is 0.111. The molecule has 0 saturated carbocycles. The zero-order valence-corrected chi connectivity index (χ0v) is 6.69. The van der Waals surface area contributed by atoms with Crippen LogP contribution in [0.3, 0.4) is 0 Å². The molecule has 0 fully saturated rings. The smallest absolute Gasteiger partial charge is 0.143 e. The van der Waals surface area contributed by atoms with Gasteiger partial charge in [0.1, 0.15) is 18.4 Å². The Labute approximate surface area is 69.8 Å². The Hall–Kier alpha value is -1.64. The number of aromatic nitrogens is 1. The highest BCUT2D eigenvalue weighted by Gasteiger charge is 2.03. The molecular weight excluding hydrogens is 154 g/mol. The first-order chi connectivity index (χ1) is 5.83. The summed E-state index contributed by atoms with van der Waals surface area (Å²) in [6.07, 6.45) is 1.77. The summed E-state index contributed by atoms with van der Waals surface area (Å²) in [5.41, 5.74) is 0.708. The molecule has 62 valence electrons. The monoisotopic (exact) mass is 163 g/mol. The van der Waals surface area contributed by atoms with E-state index in [4.69, 9.17) is 4.84 Å². The van der Waals surface area contributed by atoms with Gasteiger partial charge in [-0.1, -0.05) is 12.1 Å². The summed E-state index contributed by atoms with van der Waals surface area (Å²) in [5.74, 6) is 0.236. The van der Waals surface area contributed by atoms with Crippen LogP contribution in [0, 0.1) is 0 Å². The van der Waals surface area contributed by atoms with Gasteiger partial charge in [-0.25, -0.2) is 0 Å². The standard InChI is InChI=1S/C9H9NO2/c1-12-10-6-5-7-3-2-4-8(11)9(7)10/h2-6,11H,1H3. The molecule has 0 saturated heterocycles. The van der Waals surface area contributed by atoms with Gasteiger partial charge in [-0.05, 0) is 12.1 Å². The topological polar surface area (TPSA) is 34.4 Å². The van der Waals surface area contributed by atoms with Crippen molar-refractivity contribution in [3.8, 4) is 5.75 Å². The highest BCUT2D eigenvalue weighted by Crippen LogP contribution is 2.23. The third kappa shape index (κ3) is 0.830. The lowest BCUT2D eigenvalue weighted by atomic mass is 10.2. The molecule has 1 heterocycles. The van der Waals surface area contributed by atoms with E-state index in [0.717, 1.165) is 5.39 Å². The summed E-state index contributed by atoms with van der Waals surface area (Å²) >= 11 is 0. The molecule has 2 rings (SSSR count). The van der Waals surface area contributed by atoms with Gasteiger partial charge in [-0.2, -0.15) is 4.73 Å². The van der Waals surface area contributed by atoms with Crippen molar-refractivity contribution in [2.75, 3.05) is 7.11 Å². The van der Waals surface area contributed by atoms with Gasteiger partial charge in [-0.15, -0.1) is 0 Å². The number of hydrogen-bond donors (Lipinski definition) is 1. The minimum Gasteiger partial charge on any atom is -0.506 e. The van der Waals surface area contributed by atoms with Gasteiger partial charge in [-0.3, -0.25) is 0 Å². The zero-order chi connectivity index (χ0) is 8.55. The fourth-order valence-corrected chi connectivity index (χ4v) is 1.30. The number of rotatable bonds is 1. The molecule has 0 amide bonds. The molecule has 1 aromatic carbocycles. The predicted octanol–water partition coefficient (Wildman–Crippen LogP) is 1.41. The molecule has 0 spiro atoms. The van der Waals surface area contributed by atoms with Crippen LogP contribution in [0.25, 0.3) is 10.9 Å². The van der Waals surface area contributed by atoms with Crippen molar-refractivity contribution in [2.45, 2.75) is 0 Å². The number of benzene rings is 1. The van der Waals surface area contributed by atoms with Crippen molar-refractivity contribution in [2.24, 2.45) is 0 Å². The average Bonchev–Trinajstić information content (AvgIpc) is 2.49. The van der Waals surface area contributed by atoms with E-state index in [1.807, 2.05) is 12.1 Å². The second-order valence-electron chi connectivity index (χ2n) is 2.54. The van der Waals surface area contributed by atoms with Crippen LogP contribution in [0.5, 0.6) is 5.75 Å². The molecule has 0 radical (unpaired) electrons. The Balaban J connectivity index is 2.83. The second kappa shape index (κ2) is 2.44. The quantitative estimate of drug-likeness (QED) is 0.689. The Morgan fingerprint density at radius 1 is 1.33 bits per heavy atom. The van der Waals surface area contributed by atoms with Gasteiger partial charge in [0.05, 0.1) is 0 Å². The van der Waals surface area contributed by atoms with Gasteiger partial charge in [0, 0.05) is 11.6 Å². The Kier molecular flexibility index (Phi) is 1.43. The molecule has 3 heteroatoms. The number of hydrogen-bond acceptors (Lipinski definition) is 2. The van der Waals surface area contributed by atoms with Crippen LogP contribution in [-0.4, -0.2) is 16.9 Å². The summed E-state index contributed by atoms with van der Waals surface area (Å²) in [7, 11) is 1.56. The molecule has 0 bridgehead atoms. The predicted molar refractivity (Wildman–Crippen MR) is 46.1 cm³/mol. The lowest BCUT2D eigenvalue weighted by Gasteiger charge is -2.02. The lowest BCUT2D eigenvalue weighted by Crippen LogP contribution is -2.02. The maximum absolute atomic E-state index is 9.47. The number of phenols is 1. The first kappa shape index (κ1) is 7.03. The van der Waals surface area contributed by atoms with Crippen LogP contribution in [0.1, 0.15) is 0 Å². The summed E-state index contributed by atoms with van der Waals surface area (Å²) in [6.45, 7) is 0. The summed E-state index contributed by atoms with van der Waals surface area (Å²) < 4.78 is 1.53. The van der Waals surface area contributed by atoms with E-state index in [0.29, 0.717) is 5.52 Å². The number of nitrogens with zero attached hydrogens (tertiary/aromatic N) is 1. The Morgan fingerprint density at radius 2 is 2.17 bits per heavy atom. The molecule has 3 nitrogen and oxygen atoms in total. The molecule has 0 aliphatic heterocycles. The minimum absolute atomic E-state index is 0.236. The van der Waals surface area contributed by atoms with Crippen molar-refractivity contribution in [3.05, 3.63) is 30.5 Å². The van der Waals surface area contributed by atoms with Gasteiger partial charge in [0.2, 0.25) is 0 Å². The van der Waals surface area contributed by atoms with Crippen molar-refractivity contribution in [1.29, 1.82) is 0 Å². The molecule has 0 unspecified atom stereocenters. The van der Waals surface area contributed by atoms with Crippen molar-refractivity contribution in [1.82, 2.24) is 4.73 Å². The van der Waals surface area contributed by atoms with Crippen molar-refractivity contribution in [3.63, 3.8) is 0 Å². The molecule has 2 aromatic rings. The first-order valence-electron chi connectivity index (χ1n) is 3.66. The van der Waals surface area contributed by atoms with E-state index >= 15 is 0 Å². The maximum Gasteiger partial charge on any atom is 0.143 e. The molecule has 0 atom stereocenters. The van der Waals surface area contributed by atoms with E-state index in [-0.39, 0.29) is 5.75 Å². The second-order valence-corrected chi connectivity index (χ2v) is 2.54. The van der Waals surface area contributed by atoms with Crippen LogP contribution in [0.4, 0.5) is 0 Å². The Bertz CT molecular complexity index is 406. The van der Waals surface area contributed by atoms with E-state index in [1.54, 1.807) is 25.4 Å². The lowest BCUT2D eigenvalue weighted by molar-refractivity contribution is 0.178. The summed E-state index contributed by atoms with van der Waals surface area (Å²) in [6, 6.07) is 7.25. The van der Waals surface area contributed by atoms with Crippen LogP contribution < -0.4 is 4.84 Å². The number of aromatic hydroxyl groups is 1. The molecule has 1 N–H and O–H groups in total. The number of phenolic OH excluding ortho intramolecular Hbond substituents is 1. The molecule has 12 heavy (non-hydrogen) atoms. The molecule has 1 aromatic heterocycles. The Morgan fingerprint density at radius 3 is 2.92 bits per heavy atom. The normalized spacial score (nSPS) is 10.4. The van der Waals surface area contributed by atoms with E-state index < -0.39 is 0 Å². The van der Waals surface area contributed by atoms with Crippen molar-refractivity contribution >= 4 is 10.9 Å². The molecule has 0 aliphatic carbocycles. The first-order valence-corrected chi connectivity index (χ1v) is 3.66. The maximum atomic E-state index is 9.47. The highest BCUT2D eigenvalue weighted by atomic mass is 16.6. The molecular formula is C9H9NO2. The van der Waals surface area contributed by atoms with Gasteiger partial charge in [0.25, 0.3) is 0 Å². The van der Waals surface area contributed by atoms with Crippen LogP contribution in [0.15, 0.2) is 30.5 Å². The third-order valence-corrected chi connectivity index (χ3v) is 1.85. The van der Waals surface area contributed by atoms with E-state index in [2.05, 4.69) is 0 Å². The van der Waals surface area contributed by atoms with Crippen LogP contribution in [-0.2, 0) is 0 Å². The zero-order valence-electron chi connectivity index (χ0n) is 6.69. The third-order valence-electron chi connectivity index (χ3n) is 1.85. The summed E-state index contributed by atoms with van der Waals surface area (Å²) in [5, 5.41) is 10.4. The highest BCUT2D eigenvalue weighted by molar-refractivity contribution is 5.85. The van der Waals surface area contributed by atoms with Gasteiger partial charge >= 0.3 is 0 Å². The van der Waals surface area contributed by atoms with Crippen molar-refractivity contribution < 1.29 is 9.94 Å². The fourth-order valence-electron chi connectivity index (χ4n) is 1.30. The number of para-hydroxylation sites is 1. The van der Waals surface area contributed by atoms with Gasteiger partial charge < -0.3 is 9.94 Å². The largest absolute Gasteiger partial charge is 0.506 e. The van der Waals surface area contributed by atoms with Crippen LogP contribution >= 0.6 is 0 Å². The van der Waals surface area contributed by atoms with E-state index in [9.17, 15) is 5.11 Å². The van der Waals surface area contributed by atoms with Gasteiger partial charge in [0.15, 0.2) is 0 Å².